The fourth-order valence-electron chi connectivity index (χ4n) is 1.60. The van der Waals surface area contributed by atoms with Gasteiger partial charge < -0.3 is 9.84 Å². The van der Waals surface area contributed by atoms with Crippen LogP contribution in [-0.2, 0) is 6.61 Å². The van der Waals surface area contributed by atoms with Gasteiger partial charge in [-0.15, -0.1) is 11.3 Å². The van der Waals surface area contributed by atoms with E-state index in [1.165, 1.54) is 11.3 Å². The third-order valence-corrected chi connectivity index (χ3v) is 3.99. The summed E-state index contributed by atoms with van der Waals surface area (Å²) in [6, 6.07) is 5.72. The molecule has 0 saturated carbocycles. The van der Waals surface area contributed by atoms with Crippen molar-refractivity contribution < 1.29 is 9.84 Å². The number of aliphatic hydroxyl groups excluding tert-OH is 1. The molecular formula is C12H12BrNO2S. The van der Waals surface area contributed by atoms with Crippen molar-refractivity contribution in [1.29, 1.82) is 0 Å². The molecule has 0 aliphatic heterocycles. The summed E-state index contributed by atoms with van der Waals surface area (Å²) in [5, 5.41) is 10.3. The molecule has 2 aromatic rings. The molecule has 1 aromatic heterocycles. The molecule has 90 valence electrons. The average Bonchev–Trinajstić information content (AvgIpc) is 2.70. The molecule has 5 heteroatoms. The highest BCUT2D eigenvalue weighted by Gasteiger charge is 2.13. The Balaban J connectivity index is 2.52. The lowest BCUT2D eigenvalue weighted by Gasteiger charge is -2.06. The minimum absolute atomic E-state index is 0.0132. The lowest BCUT2D eigenvalue weighted by Crippen LogP contribution is -1.88. The first kappa shape index (κ1) is 12.5. The summed E-state index contributed by atoms with van der Waals surface area (Å²) in [6.07, 6.45) is 0. The van der Waals surface area contributed by atoms with Crippen LogP contribution in [-0.4, -0.2) is 17.2 Å². The molecule has 1 N–H and O–H groups in total. The molecule has 0 amide bonds. The number of hydrogen-bond donors (Lipinski definition) is 1. The second-order valence-corrected chi connectivity index (χ2v) is 5.65. The maximum Gasteiger partial charge on any atom is 0.120 e. The van der Waals surface area contributed by atoms with Gasteiger partial charge in [-0.25, -0.2) is 4.98 Å². The fraction of sp³-hybridized carbons (Fsp3) is 0.250. The van der Waals surface area contributed by atoms with Crippen LogP contribution in [0.3, 0.4) is 0 Å². The van der Waals surface area contributed by atoms with Crippen molar-refractivity contribution in [2.45, 2.75) is 13.5 Å². The average molecular weight is 314 g/mol. The van der Waals surface area contributed by atoms with E-state index in [0.717, 1.165) is 31.4 Å². The molecule has 2 rings (SSSR count). The summed E-state index contributed by atoms with van der Waals surface area (Å²) < 4.78 is 6.06. The zero-order valence-electron chi connectivity index (χ0n) is 9.53. The number of aliphatic hydroxyl groups is 1. The van der Waals surface area contributed by atoms with Crippen molar-refractivity contribution in [1.82, 2.24) is 4.98 Å². The molecule has 0 aliphatic carbocycles. The Morgan fingerprint density at radius 2 is 2.24 bits per heavy atom. The number of thiazole rings is 1. The molecule has 0 unspecified atom stereocenters. The van der Waals surface area contributed by atoms with Crippen LogP contribution in [0.1, 0.15) is 9.88 Å². The Kier molecular flexibility index (Phi) is 3.81. The van der Waals surface area contributed by atoms with Crippen LogP contribution < -0.4 is 4.74 Å². The molecule has 0 fully saturated rings. The highest BCUT2D eigenvalue weighted by atomic mass is 79.9. The fourth-order valence-corrected chi connectivity index (χ4v) is 2.96. The molecule has 0 bridgehead atoms. The second-order valence-electron chi connectivity index (χ2n) is 3.51. The van der Waals surface area contributed by atoms with E-state index in [-0.39, 0.29) is 6.61 Å². The third kappa shape index (κ3) is 2.51. The maximum atomic E-state index is 9.32. The van der Waals surface area contributed by atoms with Gasteiger partial charge in [-0.05, 0) is 41.1 Å². The number of nitrogens with zero attached hydrogens (tertiary/aromatic N) is 1. The van der Waals surface area contributed by atoms with Gasteiger partial charge in [0.05, 0.1) is 29.3 Å². The number of aromatic nitrogens is 1. The summed E-state index contributed by atoms with van der Waals surface area (Å²) in [6.45, 7) is 1.95. The standard InChI is InChI=1S/C12H12BrNO2S/c1-7-14-12(11(6-15)17-7)9-4-3-8(16-2)5-10(9)13/h3-5,15H,6H2,1-2H3. The van der Waals surface area contributed by atoms with E-state index in [9.17, 15) is 5.11 Å². The van der Waals surface area contributed by atoms with E-state index < -0.39 is 0 Å². The number of benzene rings is 1. The maximum absolute atomic E-state index is 9.32. The lowest BCUT2D eigenvalue weighted by atomic mass is 10.1. The SMILES string of the molecule is COc1ccc(-c2nc(C)sc2CO)c(Br)c1. The van der Waals surface area contributed by atoms with Gasteiger partial charge in [-0.1, -0.05) is 0 Å². The van der Waals surface area contributed by atoms with E-state index in [0.29, 0.717) is 0 Å². The van der Waals surface area contributed by atoms with E-state index in [1.54, 1.807) is 7.11 Å². The van der Waals surface area contributed by atoms with Crippen LogP contribution in [0.25, 0.3) is 11.3 Å². The van der Waals surface area contributed by atoms with Gasteiger partial charge in [0.1, 0.15) is 5.75 Å². The number of aryl methyl sites for hydroxylation is 1. The molecular weight excluding hydrogens is 302 g/mol. The van der Waals surface area contributed by atoms with Gasteiger partial charge in [0.25, 0.3) is 0 Å². The van der Waals surface area contributed by atoms with Crippen LogP contribution in [0.2, 0.25) is 0 Å². The Labute approximate surface area is 112 Å². The molecule has 0 spiro atoms. The summed E-state index contributed by atoms with van der Waals surface area (Å²) in [5.41, 5.74) is 1.81. The number of rotatable bonds is 3. The first-order valence-electron chi connectivity index (χ1n) is 5.06. The summed E-state index contributed by atoms with van der Waals surface area (Å²) in [4.78, 5) is 5.34. The number of ether oxygens (including phenoxy) is 1. The summed E-state index contributed by atoms with van der Waals surface area (Å²) >= 11 is 5.01. The van der Waals surface area contributed by atoms with E-state index >= 15 is 0 Å². The van der Waals surface area contributed by atoms with Gasteiger partial charge in [0.2, 0.25) is 0 Å². The molecule has 3 nitrogen and oxygen atoms in total. The minimum atomic E-state index is 0.0132. The Morgan fingerprint density at radius 3 is 2.82 bits per heavy atom. The number of hydrogen-bond acceptors (Lipinski definition) is 4. The van der Waals surface area contributed by atoms with Crippen LogP contribution in [0.4, 0.5) is 0 Å². The normalized spacial score (nSPS) is 10.6. The smallest absolute Gasteiger partial charge is 0.120 e. The predicted molar refractivity (Wildman–Crippen MR) is 72.5 cm³/mol. The Hall–Kier alpha value is -0.910. The van der Waals surface area contributed by atoms with Gasteiger partial charge in [0.15, 0.2) is 0 Å². The van der Waals surface area contributed by atoms with Gasteiger partial charge in [0, 0.05) is 10.0 Å². The first-order valence-corrected chi connectivity index (χ1v) is 6.67. The van der Waals surface area contributed by atoms with Crippen molar-refractivity contribution in [3.63, 3.8) is 0 Å². The first-order chi connectivity index (χ1) is 8.15. The van der Waals surface area contributed by atoms with E-state index in [1.807, 2.05) is 25.1 Å². The van der Waals surface area contributed by atoms with Crippen LogP contribution in [0.5, 0.6) is 5.75 Å². The van der Waals surface area contributed by atoms with Gasteiger partial charge in [-0.3, -0.25) is 0 Å². The highest BCUT2D eigenvalue weighted by molar-refractivity contribution is 9.10. The molecule has 1 heterocycles. The van der Waals surface area contributed by atoms with Gasteiger partial charge in [-0.2, -0.15) is 0 Å². The van der Waals surface area contributed by atoms with Gasteiger partial charge >= 0.3 is 0 Å². The van der Waals surface area contributed by atoms with E-state index in [2.05, 4.69) is 20.9 Å². The molecule has 0 radical (unpaired) electrons. The molecule has 0 saturated heterocycles. The zero-order valence-corrected chi connectivity index (χ0v) is 11.9. The van der Waals surface area contributed by atoms with Crippen molar-refractivity contribution in [2.24, 2.45) is 0 Å². The monoisotopic (exact) mass is 313 g/mol. The Morgan fingerprint density at radius 1 is 1.47 bits per heavy atom. The molecule has 0 atom stereocenters. The van der Waals surface area contributed by atoms with Crippen LogP contribution >= 0.6 is 27.3 Å². The minimum Gasteiger partial charge on any atom is -0.497 e. The Bertz CT molecular complexity index is 539. The zero-order chi connectivity index (χ0) is 12.4. The molecule has 17 heavy (non-hydrogen) atoms. The third-order valence-electron chi connectivity index (χ3n) is 2.38. The summed E-state index contributed by atoms with van der Waals surface area (Å²) in [7, 11) is 1.63. The van der Waals surface area contributed by atoms with Crippen molar-refractivity contribution in [3.8, 4) is 17.0 Å². The van der Waals surface area contributed by atoms with E-state index in [4.69, 9.17) is 4.74 Å². The summed E-state index contributed by atoms with van der Waals surface area (Å²) in [5.74, 6) is 0.790. The predicted octanol–water partition coefficient (Wildman–Crippen LogP) is 3.38. The largest absolute Gasteiger partial charge is 0.497 e. The molecule has 0 aliphatic rings. The number of methoxy groups -OCH3 is 1. The van der Waals surface area contributed by atoms with Crippen molar-refractivity contribution in [2.75, 3.05) is 7.11 Å². The quantitative estimate of drug-likeness (QED) is 0.944. The molecule has 1 aromatic carbocycles. The number of halogens is 1. The lowest BCUT2D eigenvalue weighted by molar-refractivity contribution is 0.286. The highest BCUT2D eigenvalue weighted by Crippen LogP contribution is 2.35. The van der Waals surface area contributed by atoms with Crippen LogP contribution in [0.15, 0.2) is 22.7 Å². The van der Waals surface area contributed by atoms with Crippen molar-refractivity contribution in [3.05, 3.63) is 32.6 Å². The topological polar surface area (TPSA) is 42.4 Å². The second kappa shape index (κ2) is 5.16. The van der Waals surface area contributed by atoms with Crippen LogP contribution in [0, 0.1) is 6.92 Å². The van der Waals surface area contributed by atoms with Crippen molar-refractivity contribution >= 4 is 27.3 Å².